The largest absolute Gasteiger partial charge is 0.370 e. The molecule has 0 radical (unpaired) electrons. The highest BCUT2D eigenvalue weighted by molar-refractivity contribution is 14.0. The third-order valence-electron chi connectivity index (χ3n) is 2.88. The van der Waals surface area contributed by atoms with Crippen LogP contribution in [0.5, 0.6) is 0 Å². The number of nitrogens with two attached hydrogens (primary N) is 1. The number of aryl methyl sites for hydroxylation is 2. The van der Waals surface area contributed by atoms with Gasteiger partial charge in [0.2, 0.25) is 0 Å². The van der Waals surface area contributed by atoms with Gasteiger partial charge in [0.1, 0.15) is 0 Å². The van der Waals surface area contributed by atoms with Gasteiger partial charge in [-0.3, -0.25) is 4.99 Å². The van der Waals surface area contributed by atoms with Crippen LogP contribution in [0.1, 0.15) is 38.8 Å². The van der Waals surface area contributed by atoms with Gasteiger partial charge < -0.3 is 11.1 Å². The van der Waals surface area contributed by atoms with Crippen molar-refractivity contribution in [3.63, 3.8) is 0 Å². The zero-order valence-electron chi connectivity index (χ0n) is 12.4. The summed E-state index contributed by atoms with van der Waals surface area (Å²) in [6.07, 6.45) is 1.99. The maximum Gasteiger partial charge on any atom is 0.193 e. The molecule has 0 spiro atoms. The van der Waals surface area contributed by atoms with Crippen molar-refractivity contribution in [3.8, 4) is 0 Å². The zero-order valence-corrected chi connectivity index (χ0v) is 14.7. The van der Waals surface area contributed by atoms with Crippen LogP contribution in [0.2, 0.25) is 0 Å². The van der Waals surface area contributed by atoms with Gasteiger partial charge in [-0.1, -0.05) is 45.9 Å². The fourth-order valence-corrected chi connectivity index (χ4v) is 1.85. The predicted molar refractivity (Wildman–Crippen MR) is 95.6 cm³/mol. The first-order valence-electron chi connectivity index (χ1n) is 6.76. The standard InChI is InChI=1S/C15H25N3.HI/c1-5-12-8-7-9-13(6-2)14(12)18-15(16)17-10-11(3)4;/h7-9,11H,5-6,10H2,1-4H3,(H3,16,17,18);1H. The maximum atomic E-state index is 5.94. The second kappa shape index (κ2) is 9.18. The average Bonchev–Trinajstić information content (AvgIpc) is 2.36. The van der Waals surface area contributed by atoms with Gasteiger partial charge in [0, 0.05) is 12.2 Å². The SMILES string of the molecule is CCc1cccc(CC)c1NC(N)=NCC(C)C.I. The number of halogens is 1. The molecule has 0 amide bonds. The number of anilines is 1. The summed E-state index contributed by atoms with van der Waals surface area (Å²) >= 11 is 0. The Morgan fingerprint density at radius 1 is 1.21 bits per heavy atom. The molecule has 4 heteroatoms. The van der Waals surface area contributed by atoms with E-state index in [0.29, 0.717) is 11.9 Å². The molecular formula is C15H26IN3. The van der Waals surface area contributed by atoms with Crippen molar-refractivity contribution in [2.45, 2.75) is 40.5 Å². The lowest BCUT2D eigenvalue weighted by Gasteiger charge is -2.15. The summed E-state index contributed by atoms with van der Waals surface area (Å²) in [5, 5.41) is 3.26. The van der Waals surface area contributed by atoms with Crippen LogP contribution in [0.4, 0.5) is 5.69 Å². The Hall–Kier alpha value is -0.780. The molecule has 0 aliphatic rings. The van der Waals surface area contributed by atoms with Crippen molar-refractivity contribution < 1.29 is 0 Å². The zero-order chi connectivity index (χ0) is 13.5. The van der Waals surface area contributed by atoms with Crippen LogP contribution >= 0.6 is 24.0 Å². The lowest BCUT2D eigenvalue weighted by Crippen LogP contribution is -2.24. The van der Waals surface area contributed by atoms with Gasteiger partial charge in [0.05, 0.1) is 0 Å². The van der Waals surface area contributed by atoms with Gasteiger partial charge in [0.15, 0.2) is 5.96 Å². The normalized spacial score (nSPS) is 11.3. The van der Waals surface area contributed by atoms with E-state index in [9.17, 15) is 0 Å². The van der Waals surface area contributed by atoms with Gasteiger partial charge in [-0.15, -0.1) is 24.0 Å². The molecule has 108 valence electrons. The average molecular weight is 375 g/mol. The second-order valence-corrected chi connectivity index (χ2v) is 4.90. The van der Waals surface area contributed by atoms with Crippen LogP contribution < -0.4 is 11.1 Å². The summed E-state index contributed by atoms with van der Waals surface area (Å²) in [6.45, 7) is 9.33. The van der Waals surface area contributed by atoms with Crippen molar-refractivity contribution >= 4 is 35.6 Å². The van der Waals surface area contributed by atoms with E-state index in [-0.39, 0.29) is 24.0 Å². The van der Waals surface area contributed by atoms with Crippen LogP contribution in [0.15, 0.2) is 23.2 Å². The molecule has 3 nitrogen and oxygen atoms in total. The third-order valence-corrected chi connectivity index (χ3v) is 2.88. The van der Waals surface area contributed by atoms with Gasteiger partial charge in [-0.2, -0.15) is 0 Å². The molecule has 0 saturated carbocycles. The molecule has 0 fully saturated rings. The van der Waals surface area contributed by atoms with Gasteiger partial charge in [0.25, 0.3) is 0 Å². The van der Waals surface area contributed by atoms with Crippen molar-refractivity contribution in [2.75, 3.05) is 11.9 Å². The number of hydrogen-bond donors (Lipinski definition) is 2. The van der Waals surface area contributed by atoms with E-state index in [0.717, 1.165) is 25.1 Å². The highest BCUT2D eigenvalue weighted by Crippen LogP contribution is 2.22. The second-order valence-electron chi connectivity index (χ2n) is 4.90. The molecule has 1 rings (SSSR count). The molecule has 0 saturated heterocycles. The van der Waals surface area contributed by atoms with Gasteiger partial charge >= 0.3 is 0 Å². The number of benzene rings is 1. The monoisotopic (exact) mass is 375 g/mol. The van der Waals surface area contributed by atoms with E-state index < -0.39 is 0 Å². The molecule has 3 N–H and O–H groups in total. The number of guanidine groups is 1. The van der Waals surface area contributed by atoms with Crippen LogP contribution in [0, 0.1) is 5.92 Å². The highest BCUT2D eigenvalue weighted by atomic mass is 127. The minimum Gasteiger partial charge on any atom is -0.370 e. The third kappa shape index (κ3) is 5.80. The van der Waals surface area contributed by atoms with E-state index >= 15 is 0 Å². The van der Waals surface area contributed by atoms with Crippen LogP contribution in [0.25, 0.3) is 0 Å². The number of nitrogens with one attached hydrogen (secondary N) is 1. The minimum atomic E-state index is 0. The summed E-state index contributed by atoms with van der Waals surface area (Å²) in [4.78, 5) is 4.35. The topological polar surface area (TPSA) is 50.4 Å². The lowest BCUT2D eigenvalue weighted by atomic mass is 10.0. The van der Waals surface area contributed by atoms with Gasteiger partial charge in [-0.05, 0) is 29.9 Å². The van der Waals surface area contributed by atoms with E-state index in [1.165, 1.54) is 11.1 Å². The smallest absolute Gasteiger partial charge is 0.193 e. The van der Waals surface area contributed by atoms with Crippen molar-refractivity contribution in [1.29, 1.82) is 0 Å². The van der Waals surface area contributed by atoms with E-state index in [2.05, 4.69) is 56.2 Å². The fraction of sp³-hybridized carbons (Fsp3) is 0.533. The first-order valence-corrected chi connectivity index (χ1v) is 6.76. The molecule has 1 aromatic rings. The molecule has 0 aliphatic heterocycles. The summed E-state index contributed by atoms with van der Waals surface area (Å²) in [7, 11) is 0. The van der Waals surface area contributed by atoms with E-state index in [1.807, 2.05) is 0 Å². The number of rotatable bonds is 5. The van der Waals surface area contributed by atoms with Crippen molar-refractivity contribution in [3.05, 3.63) is 29.3 Å². The molecule has 0 aliphatic carbocycles. The van der Waals surface area contributed by atoms with Crippen molar-refractivity contribution in [2.24, 2.45) is 16.6 Å². The molecule has 0 aromatic heterocycles. The quantitative estimate of drug-likeness (QED) is 0.467. The Labute approximate surface area is 134 Å². The van der Waals surface area contributed by atoms with Crippen LogP contribution in [0.3, 0.4) is 0 Å². The van der Waals surface area contributed by atoms with E-state index in [1.54, 1.807) is 0 Å². The fourth-order valence-electron chi connectivity index (χ4n) is 1.85. The molecule has 0 unspecified atom stereocenters. The molecule has 1 aromatic carbocycles. The molecule has 0 heterocycles. The van der Waals surface area contributed by atoms with E-state index in [4.69, 9.17) is 5.73 Å². The van der Waals surface area contributed by atoms with Gasteiger partial charge in [-0.25, -0.2) is 0 Å². The lowest BCUT2D eigenvalue weighted by molar-refractivity contribution is 0.665. The Morgan fingerprint density at radius 3 is 2.16 bits per heavy atom. The molecule has 19 heavy (non-hydrogen) atoms. The Kier molecular flexibility index (Phi) is 8.80. The first-order chi connectivity index (χ1) is 8.58. The van der Waals surface area contributed by atoms with Crippen LogP contribution in [-0.4, -0.2) is 12.5 Å². The number of para-hydroxylation sites is 1. The first kappa shape index (κ1) is 18.2. The Balaban J connectivity index is 0.00000324. The Bertz CT molecular complexity index is 392. The summed E-state index contributed by atoms with van der Waals surface area (Å²) in [6, 6.07) is 6.37. The molecular weight excluding hydrogens is 349 g/mol. The van der Waals surface area contributed by atoms with Crippen LogP contribution in [-0.2, 0) is 12.8 Å². The number of nitrogens with zero attached hydrogens (tertiary/aromatic N) is 1. The Morgan fingerprint density at radius 2 is 1.74 bits per heavy atom. The summed E-state index contributed by atoms with van der Waals surface area (Å²) < 4.78 is 0. The van der Waals surface area contributed by atoms with Crippen molar-refractivity contribution in [1.82, 2.24) is 0 Å². The minimum absolute atomic E-state index is 0. The predicted octanol–water partition coefficient (Wildman–Crippen LogP) is 3.81. The highest BCUT2D eigenvalue weighted by Gasteiger charge is 2.06. The molecule has 0 bridgehead atoms. The maximum absolute atomic E-state index is 5.94. The summed E-state index contributed by atoms with van der Waals surface area (Å²) in [5.74, 6) is 1.04. The number of aliphatic imine (C=N–C) groups is 1. The molecule has 0 atom stereocenters. The summed E-state index contributed by atoms with van der Waals surface area (Å²) in [5.41, 5.74) is 9.65. The number of hydrogen-bond acceptors (Lipinski definition) is 1.